The van der Waals surface area contributed by atoms with Crippen LogP contribution in [-0.4, -0.2) is 34.8 Å². The number of hydrogen-bond donors (Lipinski definition) is 1. The Morgan fingerprint density at radius 1 is 1.39 bits per heavy atom. The molecule has 1 saturated heterocycles. The van der Waals surface area contributed by atoms with Crippen molar-refractivity contribution in [3.05, 3.63) is 35.9 Å². The molecule has 4 heteroatoms. The number of rotatable bonds is 2. The minimum absolute atomic E-state index is 0.0511. The molecule has 0 aromatic heterocycles. The summed E-state index contributed by atoms with van der Waals surface area (Å²) in [6, 6.07) is 9.01. The lowest BCUT2D eigenvalue weighted by Gasteiger charge is -2.25. The van der Waals surface area contributed by atoms with Crippen molar-refractivity contribution < 1.29 is 14.7 Å². The molecule has 2 rings (SSSR count). The van der Waals surface area contributed by atoms with Crippen molar-refractivity contribution in [1.82, 2.24) is 5.06 Å². The largest absolute Gasteiger partial charge is 0.393 e. The van der Waals surface area contributed by atoms with Gasteiger partial charge in [0.2, 0.25) is 0 Å². The van der Waals surface area contributed by atoms with E-state index in [4.69, 9.17) is 4.84 Å². The normalized spacial score (nSPS) is 25.4. The molecule has 0 saturated carbocycles. The molecule has 1 aromatic carbocycles. The number of benzene rings is 1. The van der Waals surface area contributed by atoms with E-state index in [0.29, 0.717) is 18.5 Å². The van der Waals surface area contributed by atoms with Gasteiger partial charge in [-0.15, -0.1) is 5.06 Å². The van der Waals surface area contributed by atoms with Gasteiger partial charge >= 0.3 is 5.97 Å². The fourth-order valence-electron chi connectivity index (χ4n) is 2.20. The second-order valence-electron chi connectivity index (χ2n) is 4.77. The van der Waals surface area contributed by atoms with Gasteiger partial charge in [-0.05, 0) is 38.3 Å². The molecule has 2 unspecified atom stereocenters. The summed E-state index contributed by atoms with van der Waals surface area (Å²) in [5.41, 5.74) is 0.550. The van der Waals surface area contributed by atoms with Crippen LogP contribution in [-0.2, 0) is 4.84 Å². The number of hydroxylamine groups is 2. The van der Waals surface area contributed by atoms with Gasteiger partial charge in [-0.2, -0.15) is 0 Å². The first-order valence-corrected chi connectivity index (χ1v) is 6.39. The van der Waals surface area contributed by atoms with Crippen LogP contribution in [0.2, 0.25) is 0 Å². The van der Waals surface area contributed by atoms with Crippen molar-refractivity contribution in [1.29, 1.82) is 0 Å². The SMILES string of the molecule is CC1CC(O)CCCN1OC(=O)c1ccccc1. The molecule has 0 aliphatic carbocycles. The first kappa shape index (κ1) is 13.1. The van der Waals surface area contributed by atoms with E-state index in [1.807, 2.05) is 25.1 Å². The van der Waals surface area contributed by atoms with Crippen molar-refractivity contribution >= 4 is 5.97 Å². The molecule has 1 aliphatic rings. The summed E-state index contributed by atoms with van der Waals surface area (Å²) in [7, 11) is 0. The van der Waals surface area contributed by atoms with Crippen molar-refractivity contribution in [2.24, 2.45) is 0 Å². The predicted octanol–water partition coefficient (Wildman–Crippen LogP) is 1.99. The van der Waals surface area contributed by atoms with E-state index in [1.165, 1.54) is 0 Å². The zero-order valence-corrected chi connectivity index (χ0v) is 10.6. The van der Waals surface area contributed by atoms with Crippen LogP contribution in [0.3, 0.4) is 0 Å². The number of carbonyl (C=O) groups is 1. The first-order chi connectivity index (χ1) is 8.66. The highest BCUT2D eigenvalue weighted by molar-refractivity contribution is 5.89. The molecular weight excluding hydrogens is 230 g/mol. The van der Waals surface area contributed by atoms with Crippen LogP contribution in [0.15, 0.2) is 30.3 Å². The second-order valence-corrected chi connectivity index (χ2v) is 4.77. The third kappa shape index (κ3) is 3.31. The Morgan fingerprint density at radius 2 is 2.11 bits per heavy atom. The molecule has 0 amide bonds. The third-order valence-corrected chi connectivity index (χ3v) is 3.23. The van der Waals surface area contributed by atoms with Crippen LogP contribution in [0.1, 0.15) is 36.5 Å². The lowest BCUT2D eigenvalue weighted by Crippen LogP contribution is -2.35. The Bertz CT molecular complexity index is 393. The van der Waals surface area contributed by atoms with Crippen LogP contribution in [0.5, 0.6) is 0 Å². The smallest absolute Gasteiger partial charge is 0.357 e. The van der Waals surface area contributed by atoms with Gasteiger partial charge in [-0.25, -0.2) is 4.79 Å². The van der Waals surface area contributed by atoms with E-state index in [-0.39, 0.29) is 18.1 Å². The van der Waals surface area contributed by atoms with Gasteiger partial charge in [-0.1, -0.05) is 18.2 Å². The Labute approximate surface area is 107 Å². The van der Waals surface area contributed by atoms with E-state index in [9.17, 15) is 9.90 Å². The minimum atomic E-state index is -0.334. The van der Waals surface area contributed by atoms with Gasteiger partial charge in [-0.3, -0.25) is 0 Å². The molecule has 98 valence electrons. The molecule has 0 bridgehead atoms. The summed E-state index contributed by atoms with van der Waals surface area (Å²) in [5, 5.41) is 11.3. The van der Waals surface area contributed by atoms with Gasteiger partial charge in [0, 0.05) is 12.6 Å². The third-order valence-electron chi connectivity index (χ3n) is 3.23. The standard InChI is InChI=1S/C14H19NO3/c1-11-10-13(16)8-5-9-15(11)18-14(17)12-6-3-2-4-7-12/h2-4,6-7,11,13,16H,5,8-10H2,1H3. The van der Waals surface area contributed by atoms with Crippen LogP contribution >= 0.6 is 0 Å². The molecule has 1 N–H and O–H groups in total. The highest BCUT2D eigenvalue weighted by Gasteiger charge is 2.25. The highest BCUT2D eigenvalue weighted by Crippen LogP contribution is 2.18. The minimum Gasteiger partial charge on any atom is -0.393 e. The molecule has 1 aliphatic heterocycles. The zero-order valence-electron chi connectivity index (χ0n) is 10.6. The molecule has 0 spiro atoms. The summed E-state index contributed by atoms with van der Waals surface area (Å²) in [4.78, 5) is 17.3. The number of aliphatic hydroxyl groups is 1. The van der Waals surface area contributed by atoms with Crippen LogP contribution < -0.4 is 0 Å². The van der Waals surface area contributed by atoms with Crippen molar-refractivity contribution in [2.75, 3.05) is 6.54 Å². The Hall–Kier alpha value is -1.39. The van der Waals surface area contributed by atoms with Gasteiger partial charge < -0.3 is 9.94 Å². The number of nitrogens with zero attached hydrogens (tertiary/aromatic N) is 1. The van der Waals surface area contributed by atoms with Crippen molar-refractivity contribution in [2.45, 2.75) is 38.3 Å². The van der Waals surface area contributed by atoms with Crippen LogP contribution in [0.4, 0.5) is 0 Å². The maximum absolute atomic E-state index is 11.9. The fraction of sp³-hybridized carbons (Fsp3) is 0.500. The quantitative estimate of drug-likeness (QED) is 0.871. The Balaban J connectivity index is 1.98. The van der Waals surface area contributed by atoms with E-state index in [2.05, 4.69) is 0 Å². The maximum Gasteiger partial charge on any atom is 0.357 e. The molecule has 18 heavy (non-hydrogen) atoms. The summed E-state index contributed by atoms with van der Waals surface area (Å²) in [5.74, 6) is -0.334. The van der Waals surface area contributed by atoms with Gasteiger partial charge in [0.05, 0.1) is 11.7 Å². The van der Waals surface area contributed by atoms with Gasteiger partial charge in [0.25, 0.3) is 0 Å². The van der Waals surface area contributed by atoms with Crippen LogP contribution in [0, 0.1) is 0 Å². The van der Waals surface area contributed by atoms with E-state index >= 15 is 0 Å². The average Bonchev–Trinajstić information content (AvgIpc) is 2.52. The monoisotopic (exact) mass is 249 g/mol. The molecule has 0 radical (unpaired) electrons. The molecule has 1 aromatic rings. The van der Waals surface area contributed by atoms with Gasteiger partial charge in [0.15, 0.2) is 0 Å². The first-order valence-electron chi connectivity index (χ1n) is 6.39. The molecular formula is C14H19NO3. The molecule has 2 atom stereocenters. The van der Waals surface area contributed by atoms with Gasteiger partial charge in [0.1, 0.15) is 0 Å². The number of hydrogen-bond acceptors (Lipinski definition) is 4. The van der Waals surface area contributed by atoms with E-state index in [0.717, 1.165) is 12.8 Å². The summed E-state index contributed by atoms with van der Waals surface area (Å²) < 4.78 is 0. The predicted molar refractivity (Wildman–Crippen MR) is 67.9 cm³/mol. The van der Waals surface area contributed by atoms with E-state index < -0.39 is 0 Å². The van der Waals surface area contributed by atoms with E-state index in [1.54, 1.807) is 17.2 Å². The lowest BCUT2D eigenvalue weighted by atomic mass is 10.1. The second kappa shape index (κ2) is 5.98. The van der Waals surface area contributed by atoms with Crippen molar-refractivity contribution in [3.63, 3.8) is 0 Å². The molecule has 1 fully saturated rings. The lowest BCUT2D eigenvalue weighted by molar-refractivity contribution is -0.134. The number of aliphatic hydroxyl groups excluding tert-OH is 1. The fourth-order valence-corrected chi connectivity index (χ4v) is 2.20. The maximum atomic E-state index is 11.9. The highest BCUT2D eigenvalue weighted by atomic mass is 16.7. The summed E-state index contributed by atoms with van der Waals surface area (Å²) in [6.07, 6.45) is 1.96. The topological polar surface area (TPSA) is 49.8 Å². The summed E-state index contributed by atoms with van der Waals surface area (Å²) >= 11 is 0. The number of carbonyl (C=O) groups excluding carboxylic acids is 1. The van der Waals surface area contributed by atoms with Crippen molar-refractivity contribution in [3.8, 4) is 0 Å². The molecule has 4 nitrogen and oxygen atoms in total. The zero-order chi connectivity index (χ0) is 13.0. The molecule has 1 heterocycles. The average molecular weight is 249 g/mol. The Kier molecular flexibility index (Phi) is 4.33. The summed E-state index contributed by atoms with van der Waals surface area (Å²) in [6.45, 7) is 2.64. The Morgan fingerprint density at radius 3 is 2.83 bits per heavy atom. The van der Waals surface area contributed by atoms with Crippen LogP contribution in [0.25, 0.3) is 0 Å².